The van der Waals surface area contributed by atoms with Gasteiger partial charge in [-0.15, -0.1) is 5.06 Å². The Morgan fingerprint density at radius 1 is 1.27 bits per heavy atom. The zero-order chi connectivity index (χ0) is 15.7. The molecule has 1 N–H and O–H groups in total. The Morgan fingerprint density at radius 2 is 1.95 bits per heavy atom. The van der Waals surface area contributed by atoms with Crippen molar-refractivity contribution in [3.63, 3.8) is 0 Å². The van der Waals surface area contributed by atoms with E-state index in [1.54, 1.807) is 6.92 Å². The summed E-state index contributed by atoms with van der Waals surface area (Å²) in [6, 6.07) is 7.81. The average molecular weight is 300 g/mol. The molecule has 0 bridgehead atoms. The lowest BCUT2D eigenvalue weighted by molar-refractivity contribution is -0.200. The third kappa shape index (κ3) is 2.59. The first-order valence-electron chi connectivity index (χ1n) is 7.19. The van der Waals surface area contributed by atoms with Crippen LogP contribution in [-0.2, 0) is 25.6 Å². The quantitative estimate of drug-likeness (QED) is 0.875. The van der Waals surface area contributed by atoms with Crippen molar-refractivity contribution in [3.8, 4) is 0 Å². The van der Waals surface area contributed by atoms with E-state index in [2.05, 4.69) is 4.98 Å². The summed E-state index contributed by atoms with van der Waals surface area (Å²) in [5.41, 5.74) is 2.00. The monoisotopic (exact) mass is 300 g/mol. The fraction of sp³-hybridized carbons (Fsp3) is 0.312. The smallest absolute Gasteiger partial charge is 0.336 e. The number of hydrogen-bond donors (Lipinski definition) is 1. The molecule has 1 aromatic heterocycles. The third-order valence-corrected chi connectivity index (χ3v) is 3.79. The molecule has 1 aromatic carbocycles. The normalized spacial score (nSPS) is 16.3. The van der Waals surface area contributed by atoms with Crippen LogP contribution >= 0.6 is 0 Å². The molecule has 1 aliphatic rings. The Bertz CT molecular complexity index is 733. The zero-order valence-corrected chi connectivity index (χ0v) is 12.2. The van der Waals surface area contributed by atoms with E-state index in [0.29, 0.717) is 11.5 Å². The molecule has 3 rings (SSSR count). The summed E-state index contributed by atoms with van der Waals surface area (Å²) in [6.07, 6.45) is 2.53. The number of para-hydroxylation sites is 1. The predicted octanol–water partition coefficient (Wildman–Crippen LogP) is 1.95. The molecule has 22 heavy (non-hydrogen) atoms. The van der Waals surface area contributed by atoms with Crippen molar-refractivity contribution in [3.05, 3.63) is 36.0 Å². The minimum Gasteiger partial charge on any atom is -0.361 e. The van der Waals surface area contributed by atoms with E-state index in [9.17, 15) is 14.4 Å². The van der Waals surface area contributed by atoms with E-state index in [-0.39, 0.29) is 12.8 Å². The fourth-order valence-electron chi connectivity index (χ4n) is 2.55. The average Bonchev–Trinajstić information content (AvgIpc) is 3.06. The van der Waals surface area contributed by atoms with Crippen LogP contribution in [0.15, 0.2) is 30.5 Å². The maximum Gasteiger partial charge on any atom is 0.336 e. The lowest BCUT2D eigenvalue weighted by atomic mass is 10.0. The van der Waals surface area contributed by atoms with Crippen molar-refractivity contribution in [2.45, 2.75) is 26.2 Å². The van der Waals surface area contributed by atoms with Gasteiger partial charge in [-0.2, -0.15) is 0 Å². The highest BCUT2D eigenvalue weighted by Crippen LogP contribution is 2.22. The third-order valence-electron chi connectivity index (χ3n) is 3.79. The number of rotatable bonds is 4. The molecule has 0 unspecified atom stereocenters. The highest BCUT2D eigenvalue weighted by Gasteiger charge is 2.34. The Morgan fingerprint density at radius 3 is 2.68 bits per heavy atom. The van der Waals surface area contributed by atoms with Gasteiger partial charge < -0.3 is 9.82 Å². The lowest BCUT2D eigenvalue weighted by Crippen LogP contribution is -2.34. The molecule has 1 fully saturated rings. The minimum atomic E-state index is -0.575. The number of hydroxylamine groups is 2. The van der Waals surface area contributed by atoms with Gasteiger partial charge in [0.15, 0.2) is 0 Å². The lowest BCUT2D eigenvalue weighted by Gasteiger charge is -2.16. The summed E-state index contributed by atoms with van der Waals surface area (Å²) < 4.78 is 0. The van der Waals surface area contributed by atoms with E-state index in [1.807, 2.05) is 30.5 Å². The SMILES string of the molecule is C[C@@H](Cc1c[nH]c2ccccc12)C(=O)ON1C(=O)CCC1=O. The fourth-order valence-corrected chi connectivity index (χ4v) is 2.55. The van der Waals surface area contributed by atoms with Crippen LogP contribution in [0.2, 0.25) is 0 Å². The van der Waals surface area contributed by atoms with Crippen LogP contribution in [0.4, 0.5) is 0 Å². The van der Waals surface area contributed by atoms with Crippen molar-refractivity contribution in [2.75, 3.05) is 0 Å². The number of carbonyl (C=O) groups is 3. The van der Waals surface area contributed by atoms with Crippen molar-refractivity contribution in [1.29, 1.82) is 0 Å². The Labute approximate surface area is 127 Å². The van der Waals surface area contributed by atoms with Crippen molar-refractivity contribution in [1.82, 2.24) is 10.0 Å². The van der Waals surface area contributed by atoms with E-state index < -0.39 is 23.7 Å². The zero-order valence-electron chi connectivity index (χ0n) is 12.2. The number of aromatic nitrogens is 1. The first-order valence-corrected chi connectivity index (χ1v) is 7.19. The first-order chi connectivity index (χ1) is 10.6. The Balaban J connectivity index is 1.69. The van der Waals surface area contributed by atoms with Crippen molar-refractivity contribution in [2.24, 2.45) is 5.92 Å². The topological polar surface area (TPSA) is 79.5 Å². The van der Waals surface area contributed by atoms with Gasteiger partial charge in [0.2, 0.25) is 0 Å². The van der Waals surface area contributed by atoms with Gasteiger partial charge in [-0.25, -0.2) is 4.79 Å². The second-order valence-electron chi connectivity index (χ2n) is 5.46. The molecular formula is C16H16N2O4. The van der Waals surface area contributed by atoms with Gasteiger partial charge in [0, 0.05) is 29.9 Å². The number of aromatic amines is 1. The van der Waals surface area contributed by atoms with Crippen LogP contribution in [0.3, 0.4) is 0 Å². The first kappa shape index (κ1) is 14.3. The number of nitrogens with zero attached hydrogens (tertiary/aromatic N) is 1. The molecule has 2 amide bonds. The van der Waals surface area contributed by atoms with Gasteiger partial charge in [0.25, 0.3) is 11.8 Å². The molecule has 2 heterocycles. The summed E-state index contributed by atoms with van der Waals surface area (Å²) in [5, 5.41) is 1.64. The molecule has 1 saturated heterocycles. The number of benzene rings is 1. The predicted molar refractivity (Wildman–Crippen MR) is 78.3 cm³/mol. The van der Waals surface area contributed by atoms with Gasteiger partial charge in [-0.1, -0.05) is 25.1 Å². The van der Waals surface area contributed by atoms with Gasteiger partial charge in [-0.05, 0) is 18.1 Å². The molecule has 6 heteroatoms. The largest absolute Gasteiger partial charge is 0.361 e. The van der Waals surface area contributed by atoms with Crippen LogP contribution in [-0.4, -0.2) is 27.8 Å². The molecule has 2 aromatic rings. The summed E-state index contributed by atoms with van der Waals surface area (Å²) >= 11 is 0. The Hall–Kier alpha value is -2.63. The second-order valence-corrected chi connectivity index (χ2v) is 5.46. The maximum absolute atomic E-state index is 12.1. The highest BCUT2D eigenvalue weighted by molar-refractivity contribution is 6.01. The number of hydrogen-bond acceptors (Lipinski definition) is 4. The number of fused-ring (bicyclic) bond motifs is 1. The van der Waals surface area contributed by atoms with Crippen LogP contribution < -0.4 is 0 Å². The molecule has 0 radical (unpaired) electrons. The van der Waals surface area contributed by atoms with Gasteiger partial charge in [0.05, 0.1) is 5.92 Å². The van der Waals surface area contributed by atoms with E-state index in [1.165, 1.54) is 0 Å². The standard InChI is InChI=1S/C16H16N2O4/c1-10(16(21)22-18-14(19)6-7-15(18)20)8-11-9-17-13-5-3-2-4-12(11)13/h2-5,9-10,17H,6-8H2,1H3/t10-/m0/s1. The molecular weight excluding hydrogens is 284 g/mol. The minimum absolute atomic E-state index is 0.100. The van der Waals surface area contributed by atoms with Crippen LogP contribution in [0.1, 0.15) is 25.3 Å². The van der Waals surface area contributed by atoms with Crippen LogP contribution in [0.5, 0.6) is 0 Å². The summed E-state index contributed by atoms with van der Waals surface area (Å²) in [7, 11) is 0. The van der Waals surface area contributed by atoms with Gasteiger partial charge in [-0.3, -0.25) is 9.59 Å². The summed E-state index contributed by atoms with van der Waals surface area (Å²) in [4.78, 5) is 43.1. The second kappa shape index (κ2) is 5.63. The van der Waals surface area contributed by atoms with Crippen LogP contribution in [0, 0.1) is 5.92 Å². The number of amides is 2. The van der Waals surface area contributed by atoms with E-state index in [0.717, 1.165) is 16.5 Å². The molecule has 1 atom stereocenters. The molecule has 0 saturated carbocycles. The summed E-state index contributed by atoms with van der Waals surface area (Å²) in [6.45, 7) is 1.72. The Kier molecular flexibility index (Phi) is 3.66. The molecule has 0 aliphatic carbocycles. The number of imide groups is 1. The summed E-state index contributed by atoms with van der Waals surface area (Å²) in [5.74, 6) is -1.95. The van der Waals surface area contributed by atoms with Gasteiger partial charge in [0.1, 0.15) is 0 Å². The molecule has 0 spiro atoms. The van der Waals surface area contributed by atoms with Crippen molar-refractivity contribution < 1.29 is 19.2 Å². The number of carbonyl (C=O) groups excluding carboxylic acids is 3. The van der Waals surface area contributed by atoms with Crippen molar-refractivity contribution >= 4 is 28.7 Å². The van der Waals surface area contributed by atoms with E-state index >= 15 is 0 Å². The number of nitrogens with one attached hydrogen (secondary N) is 1. The highest BCUT2D eigenvalue weighted by atomic mass is 16.7. The van der Waals surface area contributed by atoms with Gasteiger partial charge >= 0.3 is 5.97 Å². The molecule has 6 nitrogen and oxygen atoms in total. The molecule has 114 valence electrons. The van der Waals surface area contributed by atoms with Crippen LogP contribution in [0.25, 0.3) is 10.9 Å². The van der Waals surface area contributed by atoms with E-state index in [4.69, 9.17) is 4.84 Å². The maximum atomic E-state index is 12.1. The molecule has 1 aliphatic heterocycles. The number of H-pyrrole nitrogens is 1.